The Kier molecular flexibility index (Phi) is 6.23. The van der Waals surface area contributed by atoms with E-state index in [0.717, 1.165) is 21.9 Å². The zero-order valence-electron chi connectivity index (χ0n) is 18.0. The molecule has 0 saturated heterocycles. The fraction of sp³-hybridized carbons (Fsp3) is 0.333. The Hall–Kier alpha value is -2.93. The number of cyclic esters (lactones) is 1. The lowest BCUT2D eigenvalue weighted by Gasteiger charge is -2.23. The van der Waals surface area contributed by atoms with Gasteiger partial charge in [-0.05, 0) is 25.1 Å². The van der Waals surface area contributed by atoms with Gasteiger partial charge in [0.2, 0.25) is 5.75 Å². The van der Waals surface area contributed by atoms with Gasteiger partial charge < -0.3 is 18.9 Å². The number of rotatable bonds is 5. The molecule has 6 nitrogen and oxygen atoms in total. The maximum Gasteiger partial charge on any atom is 0.339 e. The van der Waals surface area contributed by atoms with Crippen molar-refractivity contribution in [3.63, 3.8) is 0 Å². The summed E-state index contributed by atoms with van der Waals surface area (Å²) in [5.74, 6) is 1.44. The van der Waals surface area contributed by atoms with E-state index in [2.05, 4.69) is 0 Å². The van der Waals surface area contributed by atoms with E-state index in [9.17, 15) is 4.79 Å². The molecule has 0 fully saturated rings. The Bertz CT molecular complexity index is 1060. The Morgan fingerprint density at radius 2 is 1.81 bits per heavy atom. The third-order valence-electron chi connectivity index (χ3n) is 5.34. The summed E-state index contributed by atoms with van der Waals surface area (Å²) in [6, 6.07) is 11.8. The molecule has 2 aromatic carbocycles. The number of benzene rings is 2. The van der Waals surface area contributed by atoms with E-state index in [0.29, 0.717) is 35.7 Å². The van der Waals surface area contributed by atoms with Crippen LogP contribution < -0.4 is 14.2 Å². The highest BCUT2D eigenvalue weighted by Gasteiger charge is 2.31. The molecule has 0 bridgehead atoms. The molecule has 2 heterocycles. The van der Waals surface area contributed by atoms with Crippen molar-refractivity contribution >= 4 is 29.1 Å². The zero-order valence-corrected chi connectivity index (χ0v) is 18.8. The summed E-state index contributed by atoms with van der Waals surface area (Å²) >= 11 is 1.69. The monoisotopic (exact) mass is 439 g/mol. The van der Waals surface area contributed by atoms with E-state index in [-0.39, 0.29) is 17.3 Å². The van der Waals surface area contributed by atoms with Gasteiger partial charge in [-0.1, -0.05) is 24.3 Å². The van der Waals surface area contributed by atoms with Gasteiger partial charge in [0, 0.05) is 28.6 Å². The summed E-state index contributed by atoms with van der Waals surface area (Å²) in [6.07, 6.45) is 3.04. The Morgan fingerprint density at radius 3 is 2.52 bits per heavy atom. The number of ether oxygens (including phenoxy) is 4. The summed E-state index contributed by atoms with van der Waals surface area (Å²) in [5, 5.41) is -0.0507. The minimum Gasteiger partial charge on any atom is -0.493 e. The van der Waals surface area contributed by atoms with Crippen molar-refractivity contribution in [2.24, 2.45) is 4.99 Å². The molecule has 2 atom stereocenters. The van der Waals surface area contributed by atoms with E-state index in [1.54, 1.807) is 33.1 Å². The summed E-state index contributed by atoms with van der Waals surface area (Å²) < 4.78 is 22.2. The molecule has 0 aliphatic carbocycles. The highest BCUT2D eigenvalue weighted by atomic mass is 32.2. The predicted molar refractivity (Wildman–Crippen MR) is 121 cm³/mol. The molecule has 0 amide bonds. The Morgan fingerprint density at radius 1 is 1.03 bits per heavy atom. The lowest BCUT2D eigenvalue weighted by Crippen LogP contribution is -2.25. The molecule has 2 aliphatic rings. The molecule has 31 heavy (non-hydrogen) atoms. The Balaban J connectivity index is 1.82. The number of hydrogen-bond acceptors (Lipinski definition) is 7. The molecule has 0 saturated carbocycles. The normalized spacial score (nSPS) is 20.6. The minimum absolute atomic E-state index is 0.0507. The SMILES string of the molecule is COc1ccc(C2CC(C3=CCC(C)OC3=O)=Nc3ccccc3S2)c(OC)c1OC. The summed E-state index contributed by atoms with van der Waals surface area (Å²) in [7, 11) is 4.81. The van der Waals surface area contributed by atoms with Gasteiger partial charge in [0.15, 0.2) is 11.5 Å². The van der Waals surface area contributed by atoms with Crippen LogP contribution in [-0.4, -0.2) is 39.1 Å². The average molecular weight is 440 g/mol. The van der Waals surface area contributed by atoms with Crippen LogP contribution >= 0.6 is 11.8 Å². The van der Waals surface area contributed by atoms with E-state index in [4.69, 9.17) is 23.9 Å². The quantitative estimate of drug-likeness (QED) is 0.590. The van der Waals surface area contributed by atoms with Gasteiger partial charge in [0.1, 0.15) is 6.10 Å². The molecule has 2 aromatic rings. The average Bonchev–Trinajstić information content (AvgIpc) is 2.97. The van der Waals surface area contributed by atoms with Crippen molar-refractivity contribution in [1.29, 1.82) is 0 Å². The van der Waals surface area contributed by atoms with E-state index < -0.39 is 0 Å². The number of hydrogen-bond donors (Lipinski definition) is 0. The highest BCUT2D eigenvalue weighted by Crippen LogP contribution is 2.51. The van der Waals surface area contributed by atoms with Gasteiger partial charge in [-0.2, -0.15) is 0 Å². The zero-order chi connectivity index (χ0) is 22.0. The van der Waals surface area contributed by atoms with Crippen LogP contribution in [0.25, 0.3) is 0 Å². The van der Waals surface area contributed by atoms with Crippen molar-refractivity contribution in [3.05, 3.63) is 53.6 Å². The van der Waals surface area contributed by atoms with Crippen LogP contribution in [0.3, 0.4) is 0 Å². The van der Waals surface area contributed by atoms with Crippen LogP contribution in [0.4, 0.5) is 5.69 Å². The molecule has 0 aromatic heterocycles. The summed E-state index contributed by atoms with van der Waals surface area (Å²) in [6.45, 7) is 1.89. The maximum atomic E-state index is 12.6. The van der Waals surface area contributed by atoms with E-state index in [1.807, 2.05) is 49.4 Å². The van der Waals surface area contributed by atoms with Crippen LogP contribution in [0.2, 0.25) is 0 Å². The molecular formula is C24H25NO5S. The number of thioether (sulfide) groups is 1. The number of carbonyl (C=O) groups excluding carboxylic acids is 1. The van der Waals surface area contributed by atoms with Gasteiger partial charge in [-0.15, -0.1) is 11.8 Å². The number of methoxy groups -OCH3 is 3. The first-order valence-corrected chi connectivity index (χ1v) is 11.0. The molecule has 2 aliphatic heterocycles. The first-order chi connectivity index (χ1) is 15.0. The minimum atomic E-state index is -0.320. The number of para-hydroxylation sites is 1. The second-order valence-corrected chi connectivity index (χ2v) is 8.57. The molecule has 162 valence electrons. The number of fused-ring (bicyclic) bond motifs is 1. The summed E-state index contributed by atoms with van der Waals surface area (Å²) in [5.41, 5.74) is 3.06. The molecule has 2 unspecified atom stereocenters. The third kappa shape index (κ3) is 4.14. The number of esters is 1. The van der Waals surface area contributed by atoms with Crippen LogP contribution in [0.15, 0.2) is 57.9 Å². The number of aliphatic imine (C=N–C) groups is 1. The van der Waals surface area contributed by atoms with Crippen LogP contribution in [0.5, 0.6) is 17.2 Å². The van der Waals surface area contributed by atoms with Crippen molar-refractivity contribution in [2.45, 2.75) is 36.0 Å². The highest BCUT2D eigenvalue weighted by molar-refractivity contribution is 7.99. The maximum absolute atomic E-state index is 12.6. The molecule has 0 spiro atoms. The molecule has 0 radical (unpaired) electrons. The van der Waals surface area contributed by atoms with Crippen molar-refractivity contribution in [2.75, 3.05) is 21.3 Å². The molecule has 7 heteroatoms. The van der Waals surface area contributed by atoms with Gasteiger partial charge in [0.25, 0.3) is 0 Å². The first-order valence-electron chi connectivity index (χ1n) is 10.1. The molecular weight excluding hydrogens is 414 g/mol. The van der Waals surface area contributed by atoms with Crippen LogP contribution in [0.1, 0.15) is 30.6 Å². The molecule has 4 rings (SSSR count). The standard InChI is InChI=1S/C24H25NO5S/c1-14-9-10-15(24(26)30-14)18-13-21(31-20-8-6-5-7-17(20)25-18)16-11-12-19(27-2)23(29-4)22(16)28-3/h5-8,10-12,14,21H,9,13H2,1-4H3. The number of carbonyl (C=O) groups is 1. The lowest BCUT2D eigenvalue weighted by molar-refractivity contribution is -0.143. The Labute approximate surface area is 186 Å². The van der Waals surface area contributed by atoms with Crippen LogP contribution in [-0.2, 0) is 9.53 Å². The topological polar surface area (TPSA) is 66.4 Å². The van der Waals surface area contributed by atoms with Crippen LogP contribution in [0, 0.1) is 0 Å². The first kappa shape index (κ1) is 21.3. The molecule has 0 N–H and O–H groups in total. The lowest BCUT2D eigenvalue weighted by atomic mass is 9.97. The second-order valence-electron chi connectivity index (χ2n) is 7.33. The fourth-order valence-corrected chi connectivity index (χ4v) is 5.08. The van der Waals surface area contributed by atoms with Crippen molar-refractivity contribution in [1.82, 2.24) is 0 Å². The largest absolute Gasteiger partial charge is 0.493 e. The van der Waals surface area contributed by atoms with Crippen molar-refractivity contribution < 1.29 is 23.7 Å². The van der Waals surface area contributed by atoms with E-state index in [1.165, 1.54) is 0 Å². The van der Waals surface area contributed by atoms with Gasteiger partial charge in [-0.25, -0.2) is 4.79 Å². The number of nitrogens with zero attached hydrogens (tertiary/aromatic N) is 1. The predicted octanol–water partition coefficient (Wildman–Crippen LogP) is 5.28. The third-order valence-corrected chi connectivity index (χ3v) is 6.65. The fourth-order valence-electron chi connectivity index (χ4n) is 3.83. The van der Waals surface area contributed by atoms with Gasteiger partial charge in [0.05, 0.1) is 38.3 Å². The van der Waals surface area contributed by atoms with Gasteiger partial charge >= 0.3 is 5.97 Å². The van der Waals surface area contributed by atoms with Gasteiger partial charge in [-0.3, -0.25) is 4.99 Å². The summed E-state index contributed by atoms with van der Waals surface area (Å²) in [4.78, 5) is 18.6. The second kappa shape index (κ2) is 9.06. The smallest absolute Gasteiger partial charge is 0.339 e. The van der Waals surface area contributed by atoms with E-state index >= 15 is 0 Å². The van der Waals surface area contributed by atoms with Crippen molar-refractivity contribution in [3.8, 4) is 17.2 Å².